The predicted molar refractivity (Wildman–Crippen MR) is 110 cm³/mol. The third-order valence-electron chi connectivity index (χ3n) is 3.13. The van der Waals surface area contributed by atoms with Gasteiger partial charge in [-0.2, -0.15) is 0 Å². The highest BCUT2D eigenvalue weighted by Crippen LogP contribution is 2.34. The summed E-state index contributed by atoms with van der Waals surface area (Å²) in [6.07, 6.45) is 1.71. The summed E-state index contributed by atoms with van der Waals surface area (Å²) in [6.45, 7) is 7.28. The number of hydrogen-bond acceptors (Lipinski definition) is 3. The Kier molecular flexibility index (Phi) is 7.52. The van der Waals surface area contributed by atoms with Crippen LogP contribution in [0.1, 0.15) is 12.5 Å². The van der Waals surface area contributed by atoms with Gasteiger partial charge >= 0.3 is 0 Å². The smallest absolute Gasteiger partial charge is 0.174 e. The number of anilines is 1. The maximum Gasteiger partial charge on any atom is 0.174 e. The molecule has 0 saturated carbocycles. The molecule has 2 aromatic rings. The molecule has 0 bridgehead atoms. The van der Waals surface area contributed by atoms with Gasteiger partial charge in [-0.15, -0.1) is 0 Å². The Morgan fingerprint density at radius 3 is 2.62 bits per heavy atom. The first-order chi connectivity index (χ1) is 11.5. The van der Waals surface area contributed by atoms with E-state index >= 15 is 0 Å². The summed E-state index contributed by atoms with van der Waals surface area (Å²) < 4.78 is 12.4. The number of hydrogen-bond donors (Lipinski definition) is 1. The molecular formula is C18H18Cl2INO2. The molecule has 6 heteroatoms. The van der Waals surface area contributed by atoms with Gasteiger partial charge in [-0.1, -0.05) is 35.9 Å². The highest BCUT2D eigenvalue weighted by molar-refractivity contribution is 14.1. The predicted octanol–water partition coefficient (Wildman–Crippen LogP) is 6.17. The molecule has 2 rings (SSSR count). The second-order valence-electron chi connectivity index (χ2n) is 4.92. The van der Waals surface area contributed by atoms with Crippen molar-refractivity contribution in [3.8, 4) is 11.5 Å². The SMILES string of the molecule is C=CCOc1c(I)cc(CNc2ccc(Cl)c(Cl)c2)cc1OCC. The summed E-state index contributed by atoms with van der Waals surface area (Å²) in [6, 6.07) is 9.51. The molecule has 0 heterocycles. The summed E-state index contributed by atoms with van der Waals surface area (Å²) in [5.74, 6) is 1.48. The number of nitrogens with one attached hydrogen (secondary N) is 1. The van der Waals surface area contributed by atoms with Gasteiger partial charge in [-0.25, -0.2) is 0 Å². The lowest BCUT2D eigenvalue weighted by molar-refractivity contribution is 0.295. The molecule has 0 spiro atoms. The van der Waals surface area contributed by atoms with E-state index in [1.807, 2.05) is 19.1 Å². The highest BCUT2D eigenvalue weighted by atomic mass is 127. The quantitative estimate of drug-likeness (QED) is 0.364. The lowest BCUT2D eigenvalue weighted by Crippen LogP contribution is -2.04. The zero-order chi connectivity index (χ0) is 17.5. The van der Waals surface area contributed by atoms with E-state index in [1.54, 1.807) is 18.2 Å². The van der Waals surface area contributed by atoms with E-state index in [9.17, 15) is 0 Å². The van der Waals surface area contributed by atoms with E-state index < -0.39 is 0 Å². The minimum atomic E-state index is 0.441. The summed E-state index contributed by atoms with van der Waals surface area (Å²) in [4.78, 5) is 0. The fourth-order valence-corrected chi connectivity index (χ4v) is 3.20. The van der Waals surface area contributed by atoms with Crippen LogP contribution in [-0.4, -0.2) is 13.2 Å². The molecule has 2 aromatic carbocycles. The summed E-state index contributed by atoms with van der Waals surface area (Å²) >= 11 is 14.2. The Hall–Kier alpha value is -1.11. The summed E-state index contributed by atoms with van der Waals surface area (Å²) in [7, 11) is 0. The van der Waals surface area contributed by atoms with Gasteiger partial charge < -0.3 is 14.8 Å². The fraction of sp³-hybridized carbons (Fsp3) is 0.222. The molecule has 0 radical (unpaired) electrons. The lowest BCUT2D eigenvalue weighted by Gasteiger charge is -2.15. The van der Waals surface area contributed by atoms with E-state index in [-0.39, 0.29) is 0 Å². The molecule has 24 heavy (non-hydrogen) atoms. The normalized spacial score (nSPS) is 10.3. The van der Waals surface area contributed by atoms with Gasteiger partial charge in [0, 0.05) is 12.2 Å². The Morgan fingerprint density at radius 1 is 1.17 bits per heavy atom. The molecule has 0 fully saturated rings. The van der Waals surface area contributed by atoms with Crippen LogP contribution in [0.2, 0.25) is 10.0 Å². The third kappa shape index (κ3) is 5.19. The molecule has 0 aliphatic heterocycles. The topological polar surface area (TPSA) is 30.5 Å². The minimum Gasteiger partial charge on any atom is -0.490 e. The average molecular weight is 478 g/mol. The Bertz CT molecular complexity index is 722. The van der Waals surface area contributed by atoms with Crippen LogP contribution in [0.25, 0.3) is 0 Å². The van der Waals surface area contributed by atoms with Crippen molar-refractivity contribution in [1.82, 2.24) is 0 Å². The summed E-state index contributed by atoms with van der Waals surface area (Å²) in [5, 5.41) is 4.40. The molecule has 128 valence electrons. The molecular weight excluding hydrogens is 460 g/mol. The first-order valence-corrected chi connectivity index (χ1v) is 9.26. The average Bonchev–Trinajstić information content (AvgIpc) is 2.55. The first-order valence-electron chi connectivity index (χ1n) is 7.43. The fourth-order valence-electron chi connectivity index (χ4n) is 2.08. The van der Waals surface area contributed by atoms with E-state index in [4.69, 9.17) is 32.7 Å². The molecule has 0 aromatic heterocycles. The van der Waals surface area contributed by atoms with Crippen LogP contribution < -0.4 is 14.8 Å². The van der Waals surface area contributed by atoms with Gasteiger partial charge in [0.2, 0.25) is 0 Å². The van der Waals surface area contributed by atoms with Crippen molar-refractivity contribution < 1.29 is 9.47 Å². The number of halogens is 3. The Morgan fingerprint density at radius 2 is 1.96 bits per heavy atom. The van der Waals surface area contributed by atoms with Gasteiger partial charge in [0.1, 0.15) is 6.61 Å². The molecule has 0 atom stereocenters. The Labute approximate surface area is 166 Å². The van der Waals surface area contributed by atoms with Gasteiger partial charge in [-0.3, -0.25) is 0 Å². The van der Waals surface area contributed by atoms with Crippen LogP contribution in [-0.2, 0) is 6.54 Å². The van der Waals surface area contributed by atoms with Crippen molar-refractivity contribution in [3.05, 3.63) is 62.2 Å². The van der Waals surface area contributed by atoms with Crippen molar-refractivity contribution in [3.63, 3.8) is 0 Å². The van der Waals surface area contributed by atoms with Crippen molar-refractivity contribution in [2.45, 2.75) is 13.5 Å². The van der Waals surface area contributed by atoms with Crippen LogP contribution in [0.4, 0.5) is 5.69 Å². The second kappa shape index (κ2) is 9.39. The van der Waals surface area contributed by atoms with E-state index in [0.29, 0.717) is 29.8 Å². The molecule has 1 N–H and O–H groups in total. The molecule has 3 nitrogen and oxygen atoms in total. The van der Waals surface area contributed by atoms with Crippen LogP contribution in [0.15, 0.2) is 43.0 Å². The van der Waals surface area contributed by atoms with Crippen LogP contribution in [0.3, 0.4) is 0 Å². The van der Waals surface area contributed by atoms with Crippen molar-refractivity contribution in [2.75, 3.05) is 18.5 Å². The van der Waals surface area contributed by atoms with E-state index in [2.05, 4.69) is 40.6 Å². The largest absolute Gasteiger partial charge is 0.490 e. The van der Waals surface area contributed by atoms with E-state index in [1.165, 1.54) is 0 Å². The minimum absolute atomic E-state index is 0.441. The maximum atomic E-state index is 6.04. The van der Waals surface area contributed by atoms with Gasteiger partial charge in [0.25, 0.3) is 0 Å². The number of benzene rings is 2. The number of rotatable bonds is 8. The zero-order valence-corrected chi connectivity index (χ0v) is 16.9. The second-order valence-corrected chi connectivity index (χ2v) is 6.90. The first kappa shape index (κ1) is 19.2. The lowest BCUT2D eigenvalue weighted by atomic mass is 10.2. The third-order valence-corrected chi connectivity index (χ3v) is 4.67. The van der Waals surface area contributed by atoms with E-state index in [0.717, 1.165) is 26.3 Å². The molecule has 0 aliphatic carbocycles. The van der Waals surface area contributed by atoms with Crippen molar-refractivity contribution >= 4 is 51.5 Å². The van der Waals surface area contributed by atoms with Crippen LogP contribution in [0.5, 0.6) is 11.5 Å². The van der Waals surface area contributed by atoms with Crippen LogP contribution in [0, 0.1) is 3.57 Å². The molecule has 0 unspecified atom stereocenters. The standard InChI is InChI=1S/C18H18Cl2INO2/c1-3-7-24-18-16(21)8-12(9-17(18)23-4-2)11-22-13-5-6-14(19)15(20)10-13/h3,5-6,8-10,22H,1,4,7,11H2,2H3. The number of ether oxygens (including phenoxy) is 2. The highest BCUT2D eigenvalue weighted by Gasteiger charge is 2.12. The van der Waals surface area contributed by atoms with Crippen molar-refractivity contribution in [1.29, 1.82) is 0 Å². The monoisotopic (exact) mass is 477 g/mol. The molecule has 0 aliphatic rings. The summed E-state index contributed by atoms with van der Waals surface area (Å²) in [5.41, 5.74) is 1.99. The molecule has 0 amide bonds. The van der Waals surface area contributed by atoms with Crippen molar-refractivity contribution in [2.24, 2.45) is 0 Å². The maximum absolute atomic E-state index is 6.04. The van der Waals surface area contributed by atoms with Gasteiger partial charge in [-0.05, 0) is 65.4 Å². The molecule has 0 saturated heterocycles. The van der Waals surface area contributed by atoms with Gasteiger partial charge in [0.15, 0.2) is 11.5 Å². The van der Waals surface area contributed by atoms with Gasteiger partial charge in [0.05, 0.1) is 20.2 Å². The zero-order valence-electron chi connectivity index (χ0n) is 13.2. The Balaban J connectivity index is 2.17. The van der Waals surface area contributed by atoms with Crippen LogP contribution >= 0.6 is 45.8 Å².